The van der Waals surface area contributed by atoms with Crippen LogP contribution in [0.1, 0.15) is 22.5 Å². The van der Waals surface area contributed by atoms with Crippen LogP contribution in [0.2, 0.25) is 0 Å². The van der Waals surface area contributed by atoms with Gasteiger partial charge in [-0.2, -0.15) is 0 Å². The van der Waals surface area contributed by atoms with Crippen molar-refractivity contribution < 1.29 is 9.59 Å². The van der Waals surface area contributed by atoms with Gasteiger partial charge >= 0.3 is 0 Å². The summed E-state index contributed by atoms with van der Waals surface area (Å²) >= 11 is 1.21. The van der Waals surface area contributed by atoms with Crippen LogP contribution in [0.5, 0.6) is 0 Å². The lowest BCUT2D eigenvalue weighted by Crippen LogP contribution is -2.47. The molecule has 0 radical (unpaired) electrons. The average Bonchev–Trinajstić information content (AvgIpc) is 3.12. The third-order valence-electron chi connectivity index (χ3n) is 6.66. The van der Waals surface area contributed by atoms with Crippen molar-refractivity contribution in [3.05, 3.63) is 99.8 Å². The van der Waals surface area contributed by atoms with E-state index < -0.39 is 0 Å². The summed E-state index contributed by atoms with van der Waals surface area (Å²) in [4.78, 5) is 42.6. The third-order valence-corrected chi connectivity index (χ3v) is 7.60. The number of thioether (sulfide) groups is 1. The lowest BCUT2D eigenvalue weighted by Gasteiger charge is -2.36. The van der Waals surface area contributed by atoms with E-state index in [0.717, 1.165) is 36.6 Å². The molecule has 2 aliphatic rings. The number of carbonyl (C=O) groups excluding carboxylic acids is 2. The van der Waals surface area contributed by atoms with Crippen LogP contribution in [0, 0.1) is 13.8 Å². The highest BCUT2D eigenvalue weighted by molar-refractivity contribution is 8.04. The van der Waals surface area contributed by atoms with Crippen LogP contribution in [-0.4, -0.2) is 69.2 Å². The Kier molecular flexibility index (Phi) is 7.67. The number of nitrogens with zero attached hydrogens (tertiary/aromatic N) is 5. The van der Waals surface area contributed by atoms with Gasteiger partial charge in [0.25, 0.3) is 11.8 Å². The lowest BCUT2D eigenvalue weighted by molar-refractivity contribution is -0.138. The van der Waals surface area contributed by atoms with Gasteiger partial charge in [0.2, 0.25) is 0 Å². The van der Waals surface area contributed by atoms with Crippen molar-refractivity contribution in [1.82, 2.24) is 24.7 Å². The maximum atomic E-state index is 13.7. The molecule has 1 fully saturated rings. The Labute approximate surface area is 222 Å². The van der Waals surface area contributed by atoms with Gasteiger partial charge in [-0.3, -0.25) is 19.4 Å². The number of hydrogen-bond acceptors (Lipinski definition) is 7. The standard InChI is InChI=1S/C29H31N5O2S/c1-21-19-22(2)31-29(30-21)37-26-25(27(35)34(28(26)36)14-13-23-9-5-3-6-10-23)33-17-15-32(16-18-33)20-24-11-7-4-8-12-24/h3-12,19H,13-18,20H2,1-2H3. The highest BCUT2D eigenvalue weighted by Crippen LogP contribution is 2.36. The van der Waals surface area contributed by atoms with Crippen molar-refractivity contribution in [3.63, 3.8) is 0 Å². The van der Waals surface area contributed by atoms with Crippen molar-refractivity contribution in [2.75, 3.05) is 32.7 Å². The summed E-state index contributed by atoms with van der Waals surface area (Å²) in [5, 5.41) is 0.499. The molecule has 0 N–H and O–H groups in total. The van der Waals surface area contributed by atoms with Gasteiger partial charge in [0.1, 0.15) is 10.6 Å². The Morgan fingerprint density at radius 3 is 2.00 bits per heavy atom. The zero-order chi connectivity index (χ0) is 25.8. The predicted octanol–water partition coefficient (Wildman–Crippen LogP) is 3.83. The van der Waals surface area contributed by atoms with Gasteiger partial charge in [-0.1, -0.05) is 60.7 Å². The monoisotopic (exact) mass is 513 g/mol. The molecule has 37 heavy (non-hydrogen) atoms. The molecule has 3 heterocycles. The first-order chi connectivity index (χ1) is 18.0. The Balaban J connectivity index is 1.36. The fourth-order valence-electron chi connectivity index (χ4n) is 4.80. The smallest absolute Gasteiger partial charge is 0.278 e. The first kappa shape index (κ1) is 25.2. The van der Waals surface area contributed by atoms with Gasteiger partial charge in [-0.05, 0) is 49.2 Å². The molecule has 8 heteroatoms. The molecule has 0 bridgehead atoms. The Morgan fingerprint density at radius 2 is 1.38 bits per heavy atom. The molecule has 1 saturated heterocycles. The molecule has 0 saturated carbocycles. The van der Waals surface area contributed by atoms with Crippen LogP contribution in [0.15, 0.2) is 82.5 Å². The summed E-state index contributed by atoms with van der Waals surface area (Å²) in [6, 6.07) is 22.3. The minimum atomic E-state index is -0.254. The number of piperazine rings is 1. The van der Waals surface area contributed by atoms with Crippen molar-refractivity contribution >= 4 is 23.6 Å². The quantitative estimate of drug-likeness (QED) is 0.335. The summed E-state index contributed by atoms with van der Waals surface area (Å²) in [6.45, 7) is 8.06. The summed E-state index contributed by atoms with van der Waals surface area (Å²) < 4.78 is 0. The van der Waals surface area contributed by atoms with E-state index in [2.05, 4.69) is 44.0 Å². The fourth-order valence-corrected chi connectivity index (χ4v) is 5.87. The molecule has 2 amide bonds. The van der Waals surface area contributed by atoms with E-state index in [-0.39, 0.29) is 11.8 Å². The molecule has 0 unspecified atom stereocenters. The number of imide groups is 1. The summed E-state index contributed by atoms with van der Waals surface area (Å²) in [7, 11) is 0. The molecule has 3 aromatic rings. The van der Waals surface area contributed by atoms with Gasteiger partial charge < -0.3 is 4.90 Å². The highest BCUT2D eigenvalue weighted by Gasteiger charge is 2.42. The van der Waals surface area contributed by atoms with Gasteiger partial charge in [-0.25, -0.2) is 9.97 Å². The molecule has 0 spiro atoms. The molecule has 0 atom stereocenters. The summed E-state index contributed by atoms with van der Waals surface area (Å²) in [5.74, 6) is -0.472. The normalized spacial score (nSPS) is 16.7. The maximum absolute atomic E-state index is 13.7. The molecular formula is C29H31N5O2S. The molecule has 5 rings (SSSR count). The summed E-state index contributed by atoms with van der Waals surface area (Å²) in [5.41, 5.74) is 4.54. The first-order valence-corrected chi connectivity index (χ1v) is 13.5. The second-order valence-electron chi connectivity index (χ2n) is 9.46. The Morgan fingerprint density at radius 1 is 0.784 bits per heavy atom. The van der Waals surface area contributed by atoms with E-state index in [9.17, 15) is 9.59 Å². The van der Waals surface area contributed by atoms with E-state index in [1.165, 1.54) is 22.2 Å². The van der Waals surface area contributed by atoms with E-state index in [0.29, 0.717) is 41.8 Å². The van der Waals surface area contributed by atoms with Crippen LogP contribution >= 0.6 is 11.8 Å². The van der Waals surface area contributed by atoms with Gasteiger partial charge in [0.15, 0.2) is 5.16 Å². The van der Waals surface area contributed by atoms with Crippen LogP contribution in [0.4, 0.5) is 0 Å². The predicted molar refractivity (Wildman–Crippen MR) is 145 cm³/mol. The van der Waals surface area contributed by atoms with Crippen LogP contribution in [0.25, 0.3) is 0 Å². The second-order valence-corrected chi connectivity index (χ2v) is 10.4. The molecule has 2 aliphatic heterocycles. The molecular weight excluding hydrogens is 482 g/mol. The summed E-state index contributed by atoms with van der Waals surface area (Å²) in [6.07, 6.45) is 0.619. The highest BCUT2D eigenvalue weighted by atomic mass is 32.2. The van der Waals surface area contributed by atoms with Gasteiger partial charge in [0.05, 0.1) is 0 Å². The number of aromatic nitrogens is 2. The number of aryl methyl sites for hydroxylation is 2. The van der Waals surface area contributed by atoms with Gasteiger partial charge in [0, 0.05) is 50.7 Å². The van der Waals surface area contributed by atoms with E-state index in [1.54, 1.807) is 0 Å². The third kappa shape index (κ3) is 5.92. The van der Waals surface area contributed by atoms with Crippen LogP contribution < -0.4 is 0 Å². The van der Waals surface area contributed by atoms with E-state index in [1.807, 2.05) is 56.3 Å². The molecule has 2 aromatic carbocycles. The number of benzene rings is 2. The zero-order valence-corrected chi connectivity index (χ0v) is 22.1. The minimum Gasteiger partial charge on any atom is -0.363 e. The molecule has 7 nitrogen and oxygen atoms in total. The fraction of sp³-hybridized carbons (Fsp3) is 0.310. The first-order valence-electron chi connectivity index (χ1n) is 12.6. The maximum Gasteiger partial charge on any atom is 0.278 e. The lowest BCUT2D eigenvalue weighted by atomic mass is 10.1. The minimum absolute atomic E-state index is 0.218. The van der Waals surface area contributed by atoms with Gasteiger partial charge in [-0.15, -0.1) is 0 Å². The number of hydrogen-bond donors (Lipinski definition) is 0. The Bertz CT molecular complexity index is 1280. The number of rotatable bonds is 8. The number of carbonyl (C=O) groups is 2. The van der Waals surface area contributed by atoms with E-state index >= 15 is 0 Å². The second kappa shape index (κ2) is 11.3. The van der Waals surface area contributed by atoms with Crippen LogP contribution in [0.3, 0.4) is 0 Å². The van der Waals surface area contributed by atoms with E-state index in [4.69, 9.17) is 0 Å². The molecule has 0 aliphatic carbocycles. The van der Waals surface area contributed by atoms with Crippen molar-refractivity contribution in [1.29, 1.82) is 0 Å². The average molecular weight is 514 g/mol. The largest absolute Gasteiger partial charge is 0.363 e. The molecule has 190 valence electrons. The van der Waals surface area contributed by atoms with Crippen LogP contribution in [-0.2, 0) is 22.6 Å². The topological polar surface area (TPSA) is 69.6 Å². The Hall–Kier alpha value is -3.49. The SMILES string of the molecule is Cc1cc(C)nc(SC2=C(N3CCN(Cc4ccccc4)CC3)C(=O)N(CCc3ccccc3)C2=O)n1. The number of amides is 2. The van der Waals surface area contributed by atoms with Crippen molar-refractivity contribution in [2.45, 2.75) is 32.0 Å². The molecule has 1 aromatic heterocycles. The van der Waals surface area contributed by atoms with Crippen molar-refractivity contribution in [2.24, 2.45) is 0 Å². The zero-order valence-electron chi connectivity index (χ0n) is 21.3. The van der Waals surface area contributed by atoms with Crippen molar-refractivity contribution in [3.8, 4) is 0 Å².